The standard InChI is InChI=1S/C14H20N4O3/c1-9-5-4-6-11(10(9)2)17-12(19)8-18(3)13(20)7-16-14(15)21/h4-6H,7-8H2,1-3H3,(H,17,19)(H3,15,16,21). The molecule has 0 fully saturated rings. The lowest BCUT2D eigenvalue weighted by Crippen LogP contribution is -2.42. The number of rotatable bonds is 5. The minimum atomic E-state index is -0.781. The van der Waals surface area contributed by atoms with Gasteiger partial charge in [0.05, 0.1) is 13.1 Å². The highest BCUT2D eigenvalue weighted by molar-refractivity contribution is 5.95. The van der Waals surface area contributed by atoms with E-state index in [9.17, 15) is 14.4 Å². The quantitative estimate of drug-likeness (QED) is 0.730. The largest absolute Gasteiger partial charge is 0.352 e. The molecule has 0 aliphatic rings. The minimum absolute atomic E-state index is 0.105. The van der Waals surface area contributed by atoms with Gasteiger partial charge >= 0.3 is 6.03 Å². The van der Waals surface area contributed by atoms with Crippen molar-refractivity contribution in [3.8, 4) is 0 Å². The van der Waals surface area contributed by atoms with Gasteiger partial charge in [-0.25, -0.2) is 4.79 Å². The molecule has 0 aromatic heterocycles. The van der Waals surface area contributed by atoms with Crippen LogP contribution in [0.4, 0.5) is 10.5 Å². The zero-order valence-electron chi connectivity index (χ0n) is 12.4. The Kier molecular flexibility index (Phi) is 5.71. The zero-order chi connectivity index (χ0) is 16.0. The first kappa shape index (κ1) is 16.5. The average molecular weight is 292 g/mol. The highest BCUT2D eigenvalue weighted by Crippen LogP contribution is 2.17. The maximum atomic E-state index is 11.9. The third-order valence-electron chi connectivity index (χ3n) is 3.10. The summed E-state index contributed by atoms with van der Waals surface area (Å²) in [6.45, 7) is 3.53. The first-order valence-electron chi connectivity index (χ1n) is 6.44. The Hall–Kier alpha value is -2.57. The summed E-state index contributed by atoms with van der Waals surface area (Å²) in [4.78, 5) is 35.3. The number of likely N-dealkylation sites (N-methyl/N-ethyl adjacent to an activating group) is 1. The van der Waals surface area contributed by atoms with Gasteiger partial charge in [0.1, 0.15) is 0 Å². The molecule has 0 spiro atoms. The first-order chi connectivity index (χ1) is 9.81. The van der Waals surface area contributed by atoms with Crippen LogP contribution in [0.5, 0.6) is 0 Å². The smallest absolute Gasteiger partial charge is 0.312 e. The maximum absolute atomic E-state index is 11.9. The van der Waals surface area contributed by atoms with Crippen LogP contribution in [0.1, 0.15) is 11.1 Å². The molecule has 1 aromatic rings. The lowest BCUT2D eigenvalue weighted by atomic mass is 10.1. The van der Waals surface area contributed by atoms with Crippen LogP contribution in [-0.2, 0) is 9.59 Å². The molecular formula is C14H20N4O3. The van der Waals surface area contributed by atoms with Crippen LogP contribution < -0.4 is 16.4 Å². The summed E-state index contributed by atoms with van der Waals surface area (Å²) in [5.41, 5.74) is 7.65. The van der Waals surface area contributed by atoms with E-state index in [4.69, 9.17) is 5.73 Å². The van der Waals surface area contributed by atoms with Gasteiger partial charge in [-0.2, -0.15) is 0 Å². The van der Waals surface area contributed by atoms with Crippen LogP contribution in [-0.4, -0.2) is 42.9 Å². The van der Waals surface area contributed by atoms with E-state index >= 15 is 0 Å². The van der Waals surface area contributed by atoms with Crippen molar-refractivity contribution >= 4 is 23.5 Å². The molecule has 0 aliphatic heterocycles. The Bertz CT molecular complexity index is 557. The summed E-state index contributed by atoms with van der Waals surface area (Å²) in [6.07, 6.45) is 0. The van der Waals surface area contributed by atoms with Crippen LogP contribution in [0.25, 0.3) is 0 Å². The summed E-state index contributed by atoms with van der Waals surface area (Å²) in [6, 6.07) is 4.83. The fourth-order valence-corrected chi connectivity index (χ4v) is 1.68. The number of nitrogens with zero attached hydrogens (tertiary/aromatic N) is 1. The van der Waals surface area contributed by atoms with Crippen molar-refractivity contribution in [3.05, 3.63) is 29.3 Å². The van der Waals surface area contributed by atoms with E-state index in [-0.39, 0.29) is 19.0 Å². The lowest BCUT2D eigenvalue weighted by Gasteiger charge is -2.17. The van der Waals surface area contributed by atoms with Crippen LogP contribution in [0, 0.1) is 13.8 Å². The highest BCUT2D eigenvalue weighted by atomic mass is 16.2. The van der Waals surface area contributed by atoms with E-state index in [0.29, 0.717) is 0 Å². The Morgan fingerprint density at radius 2 is 1.90 bits per heavy atom. The molecule has 4 amide bonds. The van der Waals surface area contributed by atoms with Crippen molar-refractivity contribution in [2.45, 2.75) is 13.8 Å². The van der Waals surface area contributed by atoms with Gasteiger partial charge in [-0.05, 0) is 31.0 Å². The van der Waals surface area contributed by atoms with Gasteiger partial charge in [0, 0.05) is 12.7 Å². The second-order valence-corrected chi connectivity index (χ2v) is 4.76. The highest BCUT2D eigenvalue weighted by Gasteiger charge is 2.14. The fraction of sp³-hybridized carbons (Fsp3) is 0.357. The van der Waals surface area contributed by atoms with Gasteiger partial charge in [-0.3, -0.25) is 9.59 Å². The number of urea groups is 1. The van der Waals surface area contributed by atoms with Gasteiger partial charge in [-0.1, -0.05) is 12.1 Å². The van der Waals surface area contributed by atoms with Crippen molar-refractivity contribution in [1.29, 1.82) is 0 Å². The number of primary amides is 1. The van der Waals surface area contributed by atoms with E-state index in [1.807, 2.05) is 26.0 Å². The van der Waals surface area contributed by atoms with Crippen LogP contribution in [0.15, 0.2) is 18.2 Å². The number of nitrogens with one attached hydrogen (secondary N) is 2. The predicted octanol–water partition coefficient (Wildman–Crippen LogP) is 0.369. The molecule has 7 heteroatoms. The third kappa shape index (κ3) is 5.13. The number of carbonyl (C=O) groups is 3. The number of benzene rings is 1. The van der Waals surface area contributed by atoms with Crippen LogP contribution >= 0.6 is 0 Å². The first-order valence-corrected chi connectivity index (χ1v) is 6.44. The fourth-order valence-electron chi connectivity index (χ4n) is 1.68. The minimum Gasteiger partial charge on any atom is -0.352 e. The summed E-state index contributed by atoms with van der Waals surface area (Å²) >= 11 is 0. The number of hydrogen-bond donors (Lipinski definition) is 3. The van der Waals surface area contributed by atoms with Crippen LogP contribution in [0.3, 0.4) is 0 Å². The van der Waals surface area contributed by atoms with Gasteiger partial charge < -0.3 is 21.3 Å². The van der Waals surface area contributed by atoms with Gasteiger partial charge in [0.2, 0.25) is 11.8 Å². The maximum Gasteiger partial charge on any atom is 0.312 e. The number of nitrogens with two attached hydrogens (primary N) is 1. The van der Waals surface area contributed by atoms with Gasteiger partial charge in [-0.15, -0.1) is 0 Å². The second kappa shape index (κ2) is 7.28. The zero-order valence-corrected chi connectivity index (χ0v) is 12.4. The molecule has 4 N–H and O–H groups in total. The molecule has 0 atom stereocenters. The van der Waals surface area contributed by atoms with Crippen molar-refractivity contribution in [3.63, 3.8) is 0 Å². The molecule has 1 aromatic carbocycles. The Morgan fingerprint density at radius 1 is 1.24 bits per heavy atom. The number of aryl methyl sites for hydroxylation is 1. The Morgan fingerprint density at radius 3 is 2.52 bits per heavy atom. The van der Waals surface area contributed by atoms with Gasteiger partial charge in [0.15, 0.2) is 0 Å². The Balaban J connectivity index is 2.55. The molecule has 0 aliphatic carbocycles. The van der Waals surface area contributed by atoms with Crippen LogP contribution in [0.2, 0.25) is 0 Å². The number of amides is 4. The molecule has 0 radical (unpaired) electrons. The number of hydrogen-bond acceptors (Lipinski definition) is 3. The molecule has 0 saturated heterocycles. The molecular weight excluding hydrogens is 272 g/mol. The molecule has 7 nitrogen and oxygen atoms in total. The molecule has 0 heterocycles. The van der Waals surface area contributed by atoms with E-state index < -0.39 is 11.9 Å². The molecule has 21 heavy (non-hydrogen) atoms. The summed E-state index contributed by atoms with van der Waals surface area (Å²) in [5.74, 6) is -0.705. The number of carbonyl (C=O) groups excluding carboxylic acids is 3. The Labute approximate surface area is 123 Å². The summed E-state index contributed by atoms with van der Waals surface area (Å²) in [7, 11) is 1.48. The average Bonchev–Trinajstić information content (AvgIpc) is 2.41. The molecule has 1 rings (SSSR count). The topological polar surface area (TPSA) is 105 Å². The molecule has 114 valence electrons. The monoisotopic (exact) mass is 292 g/mol. The van der Waals surface area contributed by atoms with Crippen molar-refractivity contribution in [1.82, 2.24) is 10.2 Å². The molecule has 0 saturated carbocycles. The summed E-state index contributed by atoms with van der Waals surface area (Å²) in [5, 5.41) is 4.94. The van der Waals surface area contributed by atoms with Crippen molar-refractivity contribution in [2.24, 2.45) is 5.73 Å². The third-order valence-corrected chi connectivity index (χ3v) is 3.10. The normalized spacial score (nSPS) is 9.86. The van der Waals surface area contributed by atoms with Crippen molar-refractivity contribution in [2.75, 3.05) is 25.5 Å². The lowest BCUT2D eigenvalue weighted by molar-refractivity contribution is -0.132. The predicted molar refractivity (Wildman–Crippen MR) is 79.8 cm³/mol. The van der Waals surface area contributed by atoms with E-state index in [1.165, 1.54) is 11.9 Å². The molecule has 0 unspecified atom stereocenters. The SMILES string of the molecule is Cc1cccc(NC(=O)CN(C)C(=O)CNC(N)=O)c1C. The van der Waals surface area contributed by atoms with E-state index in [0.717, 1.165) is 16.8 Å². The van der Waals surface area contributed by atoms with Gasteiger partial charge in [0.25, 0.3) is 0 Å². The second-order valence-electron chi connectivity index (χ2n) is 4.76. The molecule has 0 bridgehead atoms. The van der Waals surface area contributed by atoms with E-state index in [1.54, 1.807) is 6.07 Å². The summed E-state index contributed by atoms with van der Waals surface area (Å²) < 4.78 is 0. The van der Waals surface area contributed by atoms with Crippen molar-refractivity contribution < 1.29 is 14.4 Å². The van der Waals surface area contributed by atoms with E-state index in [2.05, 4.69) is 10.6 Å². The number of anilines is 1.